The largest absolute Gasteiger partial charge is 0.496 e. The summed E-state index contributed by atoms with van der Waals surface area (Å²) in [6, 6.07) is 4.02. The summed E-state index contributed by atoms with van der Waals surface area (Å²) in [5, 5.41) is 0. The van der Waals surface area contributed by atoms with Crippen LogP contribution in [-0.4, -0.2) is 13.0 Å². The minimum Gasteiger partial charge on any atom is -0.496 e. The number of hydrogen-bond acceptors (Lipinski definition) is 3. The second-order valence-electron chi connectivity index (χ2n) is 4.69. The van der Waals surface area contributed by atoms with Crippen molar-refractivity contribution in [3.8, 4) is 5.75 Å². The van der Waals surface area contributed by atoms with Gasteiger partial charge in [0.2, 0.25) is 5.91 Å². The van der Waals surface area contributed by atoms with Crippen LogP contribution in [0, 0.1) is 13.8 Å². The summed E-state index contributed by atoms with van der Waals surface area (Å²) in [6.45, 7) is 3.99. The zero-order valence-corrected chi connectivity index (χ0v) is 10.5. The summed E-state index contributed by atoms with van der Waals surface area (Å²) in [6.07, 6.45) is 1.73. The Balaban J connectivity index is 2.47. The fourth-order valence-electron chi connectivity index (χ4n) is 2.41. The van der Waals surface area contributed by atoms with Gasteiger partial charge in [-0.05, 0) is 49.4 Å². The molecule has 0 aliphatic heterocycles. The minimum atomic E-state index is -0.407. The Labute approximate surface area is 101 Å². The second kappa shape index (κ2) is 4.04. The molecule has 1 aromatic rings. The number of methoxy groups -OCH3 is 1. The quantitative estimate of drug-likeness (QED) is 0.471. The van der Waals surface area contributed by atoms with E-state index in [4.69, 9.17) is 10.6 Å². The first-order valence-corrected chi connectivity index (χ1v) is 5.72. The van der Waals surface area contributed by atoms with E-state index in [-0.39, 0.29) is 5.91 Å². The number of hydrazine groups is 1. The van der Waals surface area contributed by atoms with Crippen molar-refractivity contribution in [2.75, 3.05) is 7.11 Å². The van der Waals surface area contributed by atoms with Crippen molar-refractivity contribution in [2.45, 2.75) is 32.1 Å². The van der Waals surface area contributed by atoms with Crippen molar-refractivity contribution in [1.29, 1.82) is 0 Å². The molecule has 0 unspecified atom stereocenters. The molecule has 1 aliphatic carbocycles. The summed E-state index contributed by atoms with van der Waals surface area (Å²) in [5.74, 6) is 6.02. The number of aryl methyl sites for hydroxylation is 2. The normalized spacial score (nSPS) is 16.5. The molecule has 92 valence electrons. The lowest BCUT2D eigenvalue weighted by Gasteiger charge is -2.18. The molecule has 0 radical (unpaired) electrons. The zero-order valence-electron chi connectivity index (χ0n) is 10.5. The van der Waals surface area contributed by atoms with Crippen LogP contribution in [0.1, 0.15) is 29.5 Å². The van der Waals surface area contributed by atoms with E-state index in [1.165, 1.54) is 0 Å². The second-order valence-corrected chi connectivity index (χ2v) is 4.69. The van der Waals surface area contributed by atoms with E-state index >= 15 is 0 Å². The summed E-state index contributed by atoms with van der Waals surface area (Å²) in [7, 11) is 1.65. The number of rotatable bonds is 3. The number of hydrogen-bond donors (Lipinski definition) is 2. The van der Waals surface area contributed by atoms with Gasteiger partial charge < -0.3 is 4.74 Å². The molecule has 4 heteroatoms. The van der Waals surface area contributed by atoms with Crippen molar-refractivity contribution < 1.29 is 9.53 Å². The van der Waals surface area contributed by atoms with Crippen LogP contribution in [0.25, 0.3) is 0 Å². The standard InChI is InChI=1S/C13H18N2O2/c1-8-7-11(17-3)9(2)6-10(8)13(4-5-13)12(16)15-14/h6-7H,4-5,14H2,1-3H3,(H,15,16). The third kappa shape index (κ3) is 1.78. The van der Waals surface area contributed by atoms with Gasteiger partial charge in [-0.25, -0.2) is 5.84 Å². The van der Waals surface area contributed by atoms with E-state index in [9.17, 15) is 4.79 Å². The van der Waals surface area contributed by atoms with E-state index in [1.54, 1.807) is 7.11 Å². The van der Waals surface area contributed by atoms with Gasteiger partial charge in [-0.1, -0.05) is 6.07 Å². The molecule has 1 aliphatic rings. The molecule has 17 heavy (non-hydrogen) atoms. The predicted molar refractivity (Wildman–Crippen MR) is 65.7 cm³/mol. The van der Waals surface area contributed by atoms with Crippen molar-refractivity contribution in [2.24, 2.45) is 5.84 Å². The van der Waals surface area contributed by atoms with Crippen LogP contribution in [0.4, 0.5) is 0 Å². The lowest BCUT2D eigenvalue weighted by Crippen LogP contribution is -2.39. The van der Waals surface area contributed by atoms with Gasteiger partial charge in [0, 0.05) is 0 Å². The van der Waals surface area contributed by atoms with Gasteiger partial charge in [0.05, 0.1) is 12.5 Å². The number of carbonyl (C=O) groups is 1. The Bertz CT molecular complexity index is 465. The topological polar surface area (TPSA) is 64.3 Å². The molecule has 0 aromatic heterocycles. The van der Waals surface area contributed by atoms with Crippen molar-refractivity contribution in [3.63, 3.8) is 0 Å². The average molecular weight is 234 g/mol. The summed E-state index contributed by atoms with van der Waals surface area (Å²) >= 11 is 0. The SMILES string of the molecule is COc1cc(C)c(C2(C(=O)NN)CC2)cc1C. The lowest BCUT2D eigenvalue weighted by molar-refractivity contribution is -0.123. The molecule has 0 heterocycles. The Kier molecular flexibility index (Phi) is 2.83. The van der Waals surface area contributed by atoms with E-state index in [2.05, 4.69) is 5.43 Å². The Morgan fingerprint density at radius 3 is 2.47 bits per heavy atom. The maximum Gasteiger partial charge on any atom is 0.244 e. The monoisotopic (exact) mass is 234 g/mol. The zero-order chi connectivity index (χ0) is 12.6. The third-order valence-corrected chi connectivity index (χ3v) is 3.57. The number of ether oxygens (including phenoxy) is 1. The molecule has 0 spiro atoms. The molecular formula is C13H18N2O2. The number of amides is 1. The highest BCUT2D eigenvalue weighted by molar-refractivity contribution is 5.91. The average Bonchev–Trinajstić information content (AvgIpc) is 3.11. The maximum absolute atomic E-state index is 11.8. The molecule has 1 aromatic carbocycles. The van der Waals surface area contributed by atoms with Crippen molar-refractivity contribution >= 4 is 5.91 Å². The van der Waals surface area contributed by atoms with Gasteiger partial charge in [-0.3, -0.25) is 10.2 Å². The van der Waals surface area contributed by atoms with E-state index in [0.29, 0.717) is 0 Å². The first-order valence-electron chi connectivity index (χ1n) is 5.72. The van der Waals surface area contributed by atoms with E-state index < -0.39 is 5.41 Å². The fraction of sp³-hybridized carbons (Fsp3) is 0.462. The van der Waals surface area contributed by atoms with E-state index in [0.717, 1.165) is 35.3 Å². The Hall–Kier alpha value is -1.55. The van der Waals surface area contributed by atoms with Gasteiger partial charge in [-0.2, -0.15) is 0 Å². The van der Waals surface area contributed by atoms with Crippen molar-refractivity contribution in [3.05, 3.63) is 28.8 Å². The molecular weight excluding hydrogens is 216 g/mol. The minimum absolute atomic E-state index is 0.0924. The van der Waals surface area contributed by atoms with Crippen LogP contribution < -0.4 is 16.0 Å². The van der Waals surface area contributed by atoms with Gasteiger partial charge >= 0.3 is 0 Å². The van der Waals surface area contributed by atoms with Crippen LogP contribution in [0.3, 0.4) is 0 Å². The van der Waals surface area contributed by atoms with Gasteiger partial charge in [0.1, 0.15) is 5.75 Å². The van der Waals surface area contributed by atoms with Crippen LogP contribution in [0.5, 0.6) is 5.75 Å². The molecule has 0 atom stereocenters. The molecule has 2 rings (SSSR count). The van der Waals surface area contributed by atoms with Crippen molar-refractivity contribution in [1.82, 2.24) is 5.43 Å². The Morgan fingerprint density at radius 1 is 1.35 bits per heavy atom. The number of nitrogens with two attached hydrogens (primary N) is 1. The predicted octanol–water partition coefficient (Wildman–Crippen LogP) is 1.33. The number of carbonyl (C=O) groups excluding carboxylic acids is 1. The maximum atomic E-state index is 11.8. The molecule has 1 amide bonds. The van der Waals surface area contributed by atoms with Crippen LogP contribution >= 0.6 is 0 Å². The molecule has 3 N–H and O–H groups in total. The van der Waals surface area contributed by atoms with E-state index in [1.807, 2.05) is 26.0 Å². The summed E-state index contributed by atoms with van der Waals surface area (Å²) < 4.78 is 5.28. The molecule has 0 bridgehead atoms. The fourth-order valence-corrected chi connectivity index (χ4v) is 2.41. The number of nitrogens with one attached hydrogen (secondary N) is 1. The van der Waals surface area contributed by atoms with Crippen LogP contribution in [-0.2, 0) is 10.2 Å². The highest BCUT2D eigenvalue weighted by Gasteiger charge is 2.51. The smallest absolute Gasteiger partial charge is 0.244 e. The first kappa shape index (κ1) is 11.9. The van der Waals surface area contributed by atoms with Gasteiger partial charge in [0.15, 0.2) is 0 Å². The van der Waals surface area contributed by atoms with Crippen LogP contribution in [0.15, 0.2) is 12.1 Å². The molecule has 0 saturated heterocycles. The highest BCUT2D eigenvalue weighted by Crippen LogP contribution is 2.50. The lowest BCUT2D eigenvalue weighted by atomic mass is 9.89. The molecule has 1 fully saturated rings. The molecule has 1 saturated carbocycles. The highest BCUT2D eigenvalue weighted by atomic mass is 16.5. The first-order chi connectivity index (χ1) is 8.05. The Morgan fingerprint density at radius 2 is 2.00 bits per heavy atom. The number of benzene rings is 1. The molecule has 4 nitrogen and oxygen atoms in total. The van der Waals surface area contributed by atoms with Gasteiger partial charge in [-0.15, -0.1) is 0 Å². The summed E-state index contributed by atoms with van der Waals surface area (Å²) in [4.78, 5) is 11.8. The van der Waals surface area contributed by atoms with Gasteiger partial charge in [0.25, 0.3) is 0 Å². The summed E-state index contributed by atoms with van der Waals surface area (Å²) in [5.41, 5.74) is 5.06. The van der Waals surface area contributed by atoms with Crippen LogP contribution in [0.2, 0.25) is 0 Å². The third-order valence-electron chi connectivity index (χ3n) is 3.57.